The Morgan fingerprint density at radius 1 is 1.39 bits per heavy atom. The first kappa shape index (κ1) is 12.7. The van der Waals surface area contributed by atoms with Gasteiger partial charge in [0.2, 0.25) is 5.88 Å². The number of nitriles is 1. The van der Waals surface area contributed by atoms with Gasteiger partial charge in [-0.05, 0) is 13.0 Å². The highest BCUT2D eigenvalue weighted by molar-refractivity contribution is 5.48. The number of piperazine rings is 1. The average molecular weight is 246 g/mol. The summed E-state index contributed by atoms with van der Waals surface area (Å²) in [4.78, 5) is 8.61. The summed E-state index contributed by atoms with van der Waals surface area (Å²) in [5.74, 6) is 0.639. The van der Waals surface area contributed by atoms with Crippen molar-refractivity contribution in [1.82, 2.24) is 9.88 Å². The normalized spacial score (nSPS) is 18.2. The fourth-order valence-electron chi connectivity index (χ4n) is 2.16. The highest BCUT2D eigenvalue weighted by atomic mass is 16.5. The summed E-state index contributed by atoms with van der Waals surface area (Å²) < 4.78 is 5.13. The lowest BCUT2D eigenvalue weighted by Gasteiger charge is -2.37. The van der Waals surface area contributed by atoms with Crippen LogP contribution < -0.4 is 9.64 Å². The molecule has 18 heavy (non-hydrogen) atoms. The molecule has 5 nitrogen and oxygen atoms in total. The molecule has 1 unspecified atom stereocenters. The summed E-state index contributed by atoms with van der Waals surface area (Å²) >= 11 is 0. The maximum Gasteiger partial charge on any atom is 0.214 e. The van der Waals surface area contributed by atoms with Crippen LogP contribution in [-0.2, 0) is 0 Å². The van der Waals surface area contributed by atoms with Crippen LogP contribution in [0.3, 0.4) is 0 Å². The molecule has 2 heterocycles. The molecule has 0 radical (unpaired) electrons. The van der Waals surface area contributed by atoms with Crippen LogP contribution in [-0.4, -0.2) is 49.2 Å². The average Bonchev–Trinajstić information content (AvgIpc) is 2.46. The second kappa shape index (κ2) is 5.69. The van der Waals surface area contributed by atoms with Gasteiger partial charge in [-0.2, -0.15) is 5.26 Å². The highest BCUT2D eigenvalue weighted by Gasteiger charge is 2.21. The predicted molar refractivity (Wildman–Crippen MR) is 69.7 cm³/mol. The maximum absolute atomic E-state index is 8.91. The van der Waals surface area contributed by atoms with E-state index in [1.165, 1.54) is 0 Å². The molecule has 2 rings (SSSR count). The Morgan fingerprint density at radius 3 is 2.72 bits per heavy atom. The standard InChI is InChI=1S/C13H18N4O/c1-11(10-14)16-5-7-17(8-6-16)12-3-4-15-13(9-12)18-2/h3-4,9,11H,5-8H2,1-2H3. The molecule has 1 aromatic rings. The van der Waals surface area contributed by atoms with Gasteiger partial charge in [-0.15, -0.1) is 0 Å². The molecule has 1 saturated heterocycles. The highest BCUT2D eigenvalue weighted by Crippen LogP contribution is 2.20. The summed E-state index contributed by atoms with van der Waals surface area (Å²) in [6.07, 6.45) is 1.76. The first-order chi connectivity index (χ1) is 8.74. The maximum atomic E-state index is 8.91. The molecule has 0 aliphatic carbocycles. The predicted octanol–water partition coefficient (Wildman–Crippen LogP) is 1.12. The summed E-state index contributed by atoms with van der Waals surface area (Å²) in [5.41, 5.74) is 1.13. The van der Waals surface area contributed by atoms with Crippen LogP contribution in [0, 0.1) is 11.3 Å². The summed E-state index contributed by atoms with van der Waals surface area (Å²) in [6.45, 7) is 5.64. The van der Waals surface area contributed by atoms with E-state index >= 15 is 0 Å². The van der Waals surface area contributed by atoms with E-state index in [1.54, 1.807) is 13.3 Å². The zero-order valence-electron chi connectivity index (χ0n) is 10.8. The van der Waals surface area contributed by atoms with Crippen LogP contribution in [0.1, 0.15) is 6.92 Å². The first-order valence-corrected chi connectivity index (χ1v) is 6.13. The smallest absolute Gasteiger partial charge is 0.214 e. The largest absolute Gasteiger partial charge is 0.481 e. The topological polar surface area (TPSA) is 52.4 Å². The van der Waals surface area contributed by atoms with E-state index in [0.717, 1.165) is 31.9 Å². The van der Waals surface area contributed by atoms with Crippen molar-refractivity contribution in [2.45, 2.75) is 13.0 Å². The third-order valence-electron chi connectivity index (χ3n) is 3.34. The molecular formula is C13H18N4O. The Hall–Kier alpha value is -1.80. The summed E-state index contributed by atoms with van der Waals surface area (Å²) in [7, 11) is 1.62. The number of ether oxygens (including phenoxy) is 1. The SMILES string of the molecule is COc1cc(N2CCN(C(C)C#N)CC2)ccn1. The molecule has 0 saturated carbocycles. The monoisotopic (exact) mass is 246 g/mol. The number of anilines is 1. The van der Waals surface area contributed by atoms with Crippen molar-refractivity contribution in [3.8, 4) is 11.9 Å². The van der Waals surface area contributed by atoms with Gasteiger partial charge in [0.15, 0.2) is 0 Å². The van der Waals surface area contributed by atoms with Crippen molar-refractivity contribution in [2.24, 2.45) is 0 Å². The van der Waals surface area contributed by atoms with Crippen molar-refractivity contribution in [1.29, 1.82) is 5.26 Å². The zero-order chi connectivity index (χ0) is 13.0. The van der Waals surface area contributed by atoms with Crippen LogP contribution in [0.25, 0.3) is 0 Å². The van der Waals surface area contributed by atoms with Gasteiger partial charge in [-0.1, -0.05) is 0 Å². The molecule has 1 atom stereocenters. The van der Waals surface area contributed by atoms with E-state index in [9.17, 15) is 0 Å². The minimum Gasteiger partial charge on any atom is -0.481 e. The molecule has 5 heteroatoms. The Bertz CT molecular complexity index is 435. The molecule has 0 amide bonds. The van der Waals surface area contributed by atoms with Gasteiger partial charge >= 0.3 is 0 Å². The minimum atomic E-state index is -0.000809. The lowest BCUT2D eigenvalue weighted by atomic mass is 10.2. The molecule has 0 aromatic carbocycles. The Balaban J connectivity index is 1.99. The molecule has 1 fully saturated rings. The molecular weight excluding hydrogens is 228 g/mol. The minimum absolute atomic E-state index is 0.000809. The molecule has 1 aliphatic rings. The number of nitrogens with zero attached hydrogens (tertiary/aromatic N) is 4. The molecule has 1 aromatic heterocycles. The van der Waals surface area contributed by atoms with Crippen LogP contribution in [0.4, 0.5) is 5.69 Å². The Labute approximate surface area is 108 Å². The van der Waals surface area contributed by atoms with E-state index in [1.807, 2.05) is 19.1 Å². The number of aromatic nitrogens is 1. The second-order valence-electron chi connectivity index (χ2n) is 4.38. The molecule has 1 aliphatic heterocycles. The van der Waals surface area contributed by atoms with Crippen LogP contribution in [0.15, 0.2) is 18.3 Å². The van der Waals surface area contributed by atoms with E-state index in [0.29, 0.717) is 5.88 Å². The Kier molecular flexibility index (Phi) is 4.00. The summed E-state index contributed by atoms with van der Waals surface area (Å²) in [5, 5.41) is 8.91. The number of hydrogen-bond donors (Lipinski definition) is 0. The lowest BCUT2D eigenvalue weighted by molar-refractivity contribution is 0.231. The van der Waals surface area contributed by atoms with Crippen molar-refractivity contribution in [2.75, 3.05) is 38.2 Å². The van der Waals surface area contributed by atoms with Crippen LogP contribution in [0.2, 0.25) is 0 Å². The van der Waals surface area contributed by atoms with Gasteiger partial charge < -0.3 is 9.64 Å². The molecule has 0 bridgehead atoms. The number of rotatable bonds is 3. The third kappa shape index (κ3) is 2.71. The number of hydrogen-bond acceptors (Lipinski definition) is 5. The van der Waals surface area contributed by atoms with Gasteiger partial charge in [0.1, 0.15) is 0 Å². The van der Waals surface area contributed by atoms with Crippen LogP contribution >= 0.6 is 0 Å². The summed E-state index contributed by atoms with van der Waals surface area (Å²) in [6, 6.07) is 6.22. The number of methoxy groups -OCH3 is 1. The van der Waals surface area contributed by atoms with Crippen molar-refractivity contribution in [3.05, 3.63) is 18.3 Å². The van der Waals surface area contributed by atoms with Gasteiger partial charge in [0, 0.05) is 44.1 Å². The number of pyridine rings is 1. The fraction of sp³-hybridized carbons (Fsp3) is 0.538. The lowest BCUT2D eigenvalue weighted by Crippen LogP contribution is -2.49. The van der Waals surface area contributed by atoms with Crippen molar-refractivity contribution < 1.29 is 4.74 Å². The van der Waals surface area contributed by atoms with Crippen LogP contribution in [0.5, 0.6) is 5.88 Å². The van der Waals surface area contributed by atoms with Crippen molar-refractivity contribution >= 4 is 5.69 Å². The van der Waals surface area contributed by atoms with E-state index in [4.69, 9.17) is 10.00 Å². The molecule has 96 valence electrons. The third-order valence-corrected chi connectivity index (χ3v) is 3.34. The van der Waals surface area contributed by atoms with Gasteiger partial charge in [0.05, 0.1) is 19.2 Å². The molecule has 0 spiro atoms. The van der Waals surface area contributed by atoms with Gasteiger partial charge in [0.25, 0.3) is 0 Å². The fourth-order valence-corrected chi connectivity index (χ4v) is 2.16. The van der Waals surface area contributed by atoms with Gasteiger partial charge in [-0.3, -0.25) is 4.90 Å². The van der Waals surface area contributed by atoms with Gasteiger partial charge in [-0.25, -0.2) is 4.98 Å². The van der Waals surface area contributed by atoms with E-state index in [-0.39, 0.29) is 6.04 Å². The second-order valence-corrected chi connectivity index (χ2v) is 4.38. The first-order valence-electron chi connectivity index (χ1n) is 6.13. The quantitative estimate of drug-likeness (QED) is 0.800. The molecule has 0 N–H and O–H groups in total. The van der Waals surface area contributed by atoms with Crippen molar-refractivity contribution in [3.63, 3.8) is 0 Å². The van der Waals surface area contributed by atoms with E-state index < -0.39 is 0 Å². The Morgan fingerprint density at radius 2 is 2.11 bits per heavy atom. The van der Waals surface area contributed by atoms with E-state index in [2.05, 4.69) is 20.9 Å². The zero-order valence-corrected chi connectivity index (χ0v) is 10.8.